The van der Waals surface area contributed by atoms with Gasteiger partial charge in [-0.3, -0.25) is 4.79 Å². The Balaban J connectivity index is 1.75. The molecule has 0 aliphatic rings. The van der Waals surface area contributed by atoms with Crippen LogP contribution in [0.25, 0.3) is 0 Å². The second-order valence-corrected chi connectivity index (χ2v) is 10.4. The highest BCUT2D eigenvalue weighted by molar-refractivity contribution is 5.72. The number of hydrogen-bond donors (Lipinski definition) is 0. The van der Waals surface area contributed by atoms with Gasteiger partial charge in [0.05, 0.1) is 119 Å². The minimum Gasteiger partial charge on any atom is -0.420 e. The fraction of sp³-hybridized carbons (Fsp3) is 0.788. The Labute approximate surface area is 285 Å². The predicted octanol–water partition coefficient (Wildman–Crippen LogP) is 5.19. The number of unbranched alkanes of at least 4 members (excludes halogenated alkanes) is 5. The molecule has 0 aliphatic carbocycles. The van der Waals surface area contributed by atoms with Crippen molar-refractivity contribution in [3.63, 3.8) is 0 Å². The molecule has 1 aromatic rings. The van der Waals surface area contributed by atoms with Crippen molar-refractivity contribution < 1.29 is 74.1 Å². The van der Waals surface area contributed by atoms with E-state index in [2.05, 4.69) is 11.7 Å². The van der Waals surface area contributed by atoms with Crippen molar-refractivity contribution >= 4 is 5.97 Å². The van der Waals surface area contributed by atoms with Crippen LogP contribution in [0.3, 0.4) is 0 Å². The van der Waals surface area contributed by atoms with Gasteiger partial charge in [0.2, 0.25) is 34.8 Å². The van der Waals surface area contributed by atoms with Gasteiger partial charge < -0.3 is 47.4 Å². The molecule has 0 amide bonds. The van der Waals surface area contributed by atoms with E-state index < -0.39 is 47.2 Å². The van der Waals surface area contributed by atoms with Gasteiger partial charge in [-0.25, -0.2) is 13.2 Å². The van der Waals surface area contributed by atoms with Crippen molar-refractivity contribution in [2.45, 2.75) is 51.9 Å². The van der Waals surface area contributed by atoms with E-state index in [0.29, 0.717) is 85.9 Å². The highest BCUT2D eigenvalue weighted by Gasteiger charge is 2.28. The van der Waals surface area contributed by atoms with E-state index >= 15 is 0 Å². The van der Waals surface area contributed by atoms with Gasteiger partial charge in [0.25, 0.3) is 0 Å². The number of rotatable bonds is 35. The van der Waals surface area contributed by atoms with E-state index in [-0.39, 0.29) is 26.4 Å². The SMILES string of the molecule is CCCCCCCCOCCOCCOCCOCCOCCOCCOCCOCCOCCC(=O)Oc1c(F)c(F)c(F)c(F)c1F. The Bertz CT molecular complexity index is 933. The molecule has 0 heterocycles. The number of carbonyl (C=O) groups excluding carboxylic acids is 1. The third kappa shape index (κ3) is 23.9. The van der Waals surface area contributed by atoms with Crippen molar-refractivity contribution in [3.8, 4) is 5.75 Å². The first-order valence-corrected chi connectivity index (χ1v) is 16.8. The standard InChI is InChI=1S/C33H53F5O11/c1-2-3-4-5-6-7-9-40-11-13-42-15-17-44-19-21-46-23-25-48-26-24-47-22-20-45-18-16-43-14-12-41-10-8-27(39)49-33-31(37)29(35)28(34)30(36)32(33)38/h2-26H2,1H3. The first-order chi connectivity index (χ1) is 23.9. The van der Waals surface area contributed by atoms with E-state index in [1.807, 2.05) is 0 Å². The normalized spacial score (nSPS) is 11.5. The highest BCUT2D eigenvalue weighted by Crippen LogP contribution is 2.29. The molecule has 49 heavy (non-hydrogen) atoms. The third-order valence-corrected chi connectivity index (χ3v) is 6.45. The maximum atomic E-state index is 13.5. The molecule has 0 saturated heterocycles. The van der Waals surface area contributed by atoms with Gasteiger partial charge in [-0.1, -0.05) is 39.0 Å². The number of ether oxygens (including phenoxy) is 10. The van der Waals surface area contributed by atoms with Crippen molar-refractivity contribution in [2.75, 3.05) is 119 Å². The van der Waals surface area contributed by atoms with Gasteiger partial charge in [0.15, 0.2) is 0 Å². The Hall–Kier alpha value is -2.02. The summed E-state index contributed by atoms with van der Waals surface area (Å²) in [4.78, 5) is 11.6. The van der Waals surface area contributed by atoms with Crippen molar-refractivity contribution in [2.24, 2.45) is 0 Å². The number of esters is 1. The van der Waals surface area contributed by atoms with Crippen LogP contribution in [-0.4, -0.2) is 125 Å². The smallest absolute Gasteiger partial charge is 0.313 e. The molecule has 0 spiro atoms. The van der Waals surface area contributed by atoms with Crippen molar-refractivity contribution in [3.05, 3.63) is 29.1 Å². The first-order valence-electron chi connectivity index (χ1n) is 16.8. The first kappa shape index (κ1) is 45.0. The summed E-state index contributed by atoms with van der Waals surface area (Å²) in [6.07, 6.45) is 7.05. The molecule has 286 valence electrons. The minimum absolute atomic E-state index is 0.0865. The van der Waals surface area contributed by atoms with Gasteiger partial charge >= 0.3 is 5.97 Å². The highest BCUT2D eigenvalue weighted by atomic mass is 19.2. The summed E-state index contributed by atoms with van der Waals surface area (Å²) in [6, 6.07) is 0. The molecule has 0 aromatic heterocycles. The van der Waals surface area contributed by atoms with Gasteiger partial charge in [-0.05, 0) is 6.42 Å². The molecule has 0 N–H and O–H groups in total. The largest absolute Gasteiger partial charge is 0.420 e. The van der Waals surface area contributed by atoms with Crippen LogP contribution in [0.2, 0.25) is 0 Å². The maximum Gasteiger partial charge on any atom is 0.313 e. The minimum atomic E-state index is -2.35. The lowest BCUT2D eigenvalue weighted by Crippen LogP contribution is -2.16. The molecule has 11 nitrogen and oxygen atoms in total. The van der Waals surface area contributed by atoms with Crippen LogP contribution < -0.4 is 4.74 Å². The molecule has 0 fully saturated rings. The number of halogens is 5. The molecule has 16 heteroatoms. The van der Waals surface area contributed by atoms with Gasteiger partial charge in [-0.2, -0.15) is 8.78 Å². The lowest BCUT2D eigenvalue weighted by atomic mass is 10.1. The number of benzene rings is 1. The van der Waals surface area contributed by atoms with Crippen LogP contribution in [0.15, 0.2) is 0 Å². The van der Waals surface area contributed by atoms with Gasteiger partial charge in [-0.15, -0.1) is 0 Å². The van der Waals surface area contributed by atoms with Gasteiger partial charge in [0, 0.05) is 6.61 Å². The molecule has 0 bridgehead atoms. The molecule has 0 radical (unpaired) electrons. The van der Waals surface area contributed by atoms with E-state index in [9.17, 15) is 26.7 Å². The average Bonchev–Trinajstić information content (AvgIpc) is 3.10. The van der Waals surface area contributed by atoms with Gasteiger partial charge in [0.1, 0.15) is 0 Å². The lowest BCUT2D eigenvalue weighted by Gasteiger charge is -2.09. The monoisotopic (exact) mass is 720 g/mol. The van der Waals surface area contributed by atoms with Crippen LogP contribution in [0.4, 0.5) is 22.0 Å². The Morgan fingerprint density at radius 3 is 1.04 bits per heavy atom. The van der Waals surface area contributed by atoms with E-state index in [1.165, 1.54) is 32.1 Å². The zero-order valence-corrected chi connectivity index (χ0v) is 28.6. The third-order valence-electron chi connectivity index (χ3n) is 6.45. The summed E-state index contributed by atoms with van der Waals surface area (Å²) >= 11 is 0. The number of carbonyl (C=O) groups is 1. The zero-order chi connectivity index (χ0) is 35.8. The maximum absolute atomic E-state index is 13.5. The van der Waals surface area contributed by atoms with Crippen molar-refractivity contribution in [1.29, 1.82) is 0 Å². The van der Waals surface area contributed by atoms with Crippen LogP contribution >= 0.6 is 0 Å². The van der Waals surface area contributed by atoms with Crippen LogP contribution in [-0.2, 0) is 47.4 Å². The van der Waals surface area contributed by atoms with Crippen molar-refractivity contribution in [1.82, 2.24) is 0 Å². The molecular weight excluding hydrogens is 667 g/mol. The van der Waals surface area contributed by atoms with E-state index in [1.54, 1.807) is 0 Å². The fourth-order valence-corrected chi connectivity index (χ4v) is 3.84. The fourth-order valence-electron chi connectivity index (χ4n) is 3.84. The van der Waals surface area contributed by atoms with Crippen LogP contribution in [0, 0.1) is 29.1 Å². The molecule has 1 rings (SSSR count). The Morgan fingerprint density at radius 2 is 0.673 bits per heavy atom. The molecule has 0 atom stereocenters. The second kappa shape index (κ2) is 31.9. The predicted molar refractivity (Wildman–Crippen MR) is 167 cm³/mol. The Kier molecular flexibility index (Phi) is 29.3. The second-order valence-electron chi connectivity index (χ2n) is 10.4. The quantitative estimate of drug-likeness (QED) is 0.0231. The summed E-state index contributed by atoms with van der Waals surface area (Å²) < 4.78 is 119. The molecule has 0 aliphatic heterocycles. The number of hydrogen-bond acceptors (Lipinski definition) is 11. The molecule has 1 aromatic carbocycles. The summed E-state index contributed by atoms with van der Waals surface area (Å²) in [5.41, 5.74) is 0. The zero-order valence-electron chi connectivity index (χ0n) is 28.6. The Morgan fingerprint density at radius 1 is 0.388 bits per heavy atom. The average molecular weight is 721 g/mol. The van der Waals surface area contributed by atoms with E-state index in [0.717, 1.165) is 13.0 Å². The van der Waals surface area contributed by atoms with Crippen LogP contribution in [0.5, 0.6) is 5.75 Å². The van der Waals surface area contributed by atoms with E-state index in [4.69, 9.17) is 42.6 Å². The van der Waals surface area contributed by atoms with Crippen LogP contribution in [0.1, 0.15) is 51.9 Å². The summed E-state index contributed by atoms with van der Waals surface area (Å²) in [6.45, 7) is 9.35. The molecule has 0 saturated carbocycles. The summed E-state index contributed by atoms with van der Waals surface area (Å²) in [7, 11) is 0. The lowest BCUT2D eigenvalue weighted by molar-refractivity contribution is -0.136. The summed E-state index contributed by atoms with van der Waals surface area (Å²) in [5.74, 6) is -14.1. The summed E-state index contributed by atoms with van der Waals surface area (Å²) in [5, 5.41) is 0. The topological polar surface area (TPSA) is 109 Å². The molecular formula is C33H53F5O11. The molecule has 0 unspecified atom stereocenters.